The van der Waals surface area contributed by atoms with E-state index < -0.39 is 10.7 Å². The summed E-state index contributed by atoms with van der Waals surface area (Å²) in [4.78, 5) is 31.9. The van der Waals surface area contributed by atoms with Gasteiger partial charge >= 0.3 is 0 Å². The Balaban J connectivity index is 1.62. The van der Waals surface area contributed by atoms with E-state index in [2.05, 4.69) is 15.2 Å². The first-order chi connectivity index (χ1) is 14.7. The maximum absolute atomic E-state index is 15.1. The van der Waals surface area contributed by atoms with E-state index in [1.165, 1.54) is 12.1 Å². The number of carbonyl (C=O) groups is 1. The molecule has 1 N–H and O–H groups in total. The van der Waals surface area contributed by atoms with Crippen molar-refractivity contribution in [2.45, 2.75) is 38.8 Å². The number of hydrogen-bond donors (Lipinski definition) is 1. The minimum Gasteiger partial charge on any atom is -0.363 e. The van der Waals surface area contributed by atoms with Crippen LogP contribution in [-0.4, -0.2) is 59.5 Å². The Hall–Kier alpha value is -2.59. The van der Waals surface area contributed by atoms with Crippen LogP contribution in [-0.2, 0) is 0 Å². The Morgan fingerprint density at radius 2 is 2.00 bits per heavy atom. The van der Waals surface area contributed by atoms with Gasteiger partial charge in [0.2, 0.25) is 0 Å². The third-order valence-corrected chi connectivity index (χ3v) is 7.05. The molecule has 0 radical (unpaired) electrons. The average Bonchev–Trinajstić information content (AvgIpc) is 3.43. The zero-order chi connectivity index (χ0) is 22.3. The molecule has 2 heterocycles. The molecule has 4 rings (SSSR count). The number of aromatic nitrogens is 1. The molecule has 1 amide bonds. The number of amides is 1. The fraction of sp³-hybridized carbons (Fsp3) is 0.524. The number of benzene rings is 1. The SMILES string of the molecule is CC1CN(c2cc(F)c(-c3nc(C(=O)NCC4CC4)cs3)cc2[N+](=O)[O-])CC(C)N1C. The van der Waals surface area contributed by atoms with Gasteiger partial charge in [-0.2, -0.15) is 0 Å². The zero-order valence-corrected chi connectivity index (χ0v) is 18.6. The number of anilines is 1. The summed E-state index contributed by atoms with van der Waals surface area (Å²) in [6, 6.07) is 2.83. The van der Waals surface area contributed by atoms with Gasteiger partial charge in [0.15, 0.2) is 0 Å². The van der Waals surface area contributed by atoms with Crippen LogP contribution in [0.5, 0.6) is 0 Å². The third kappa shape index (κ3) is 4.54. The monoisotopic (exact) mass is 447 g/mol. The Morgan fingerprint density at radius 1 is 1.32 bits per heavy atom. The van der Waals surface area contributed by atoms with Crippen molar-refractivity contribution >= 4 is 28.6 Å². The van der Waals surface area contributed by atoms with Crippen LogP contribution in [0.3, 0.4) is 0 Å². The number of piperazine rings is 1. The van der Waals surface area contributed by atoms with Crippen LogP contribution in [0.15, 0.2) is 17.5 Å². The lowest BCUT2D eigenvalue weighted by Gasteiger charge is -2.43. The van der Waals surface area contributed by atoms with Crippen LogP contribution in [0.4, 0.5) is 15.8 Å². The summed E-state index contributed by atoms with van der Waals surface area (Å²) in [5.74, 6) is -0.352. The van der Waals surface area contributed by atoms with Crippen LogP contribution in [0, 0.1) is 21.8 Å². The molecule has 0 bridgehead atoms. The van der Waals surface area contributed by atoms with E-state index in [0.717, 1.165) is 24.2 Å². The summed E-state index contributed by atoms with van der Waals surface area (Å²) >= 11 is 1.10. The molecule has 2 fully saturated rings. The summed E-state index contributed by atoms with van der Waals surface area (Å²) in [6.45, 7) is 5.85. The lowest BCUT2D eigenvalue weighted by molar-refractivity contribution is -0.384. The predicted octanol–water partition coefficient (Wildman–Crippen LogP) is 3.53. The molecule has 166 valence electrons. The van der Waals surface area contributed by atoms with Gasteiger partial charge in [0.25, 0.3) is 11.6 Å². The number of halogens is 1. The molecule has 2 aliphatic rings. The summed E-state index contributed by atoms with van der Waals surface area (Å²) in [6.07, 6.45) is 2.24. The molecule has 1 saturated heterocycles. The van der Waals surface area contributed by atoms with Crippen LogP contribution in [0.2, 0.25) is 0 Å². The zero-order valence-electron chi connectivity index (χ0n) is 17.8. The van der Waals surface area contributed by atoms with Crippen molar-refractivity contribution in [1.82, 2.24) is 15.2 Å². The molecule has 0 spiro atoms. The van der Waals surface area contributed by atoms with Gasteiger partial charge in [0.1, 0.15) is 22.2 Å². The maximum atomic E-state index is 15.1. The maximum Gasteiger partial charge on any atom is 0.293 e. The summed E-state index contributed by atoms with van der Waals surface area (Å²) in [5, 5.41) is 16.5. The first-order valence-corrected chi connectivity index (χ1v) is 11.3. The van der Waals surface area contributed by atoms with E-state index in [4.69, 9.17) is 0 Å². The first kappa shape index (κ1) is 21.6. The molecule has 1 saturated carbocycles. The van der Waals surface area contributed by atoms with E-state index in [9.17, 15) is 14.9 Å². The molecule has 2 aromatic rings. The van der Waals surface area contributed by atoms with Crippen LogP contribution in [0.1, 0.15) is 37.2 Å². The van der Waals surface area contributed by atoms with E-state index in [0.29, 0.717) is 25.6 Å². The highest BCUT2D eigenvalue weighted by Crippen LogP contribution is 2.38. The molecule has 1 aromatic carbocycles. The second-order valence-electron chi connectivity index (χ2n) is 8.54. The summed E-state index contributed by atoms with van der Waals surface area (Å²) in [7, 11) is 2.02. The number of nitro benzene ring substituents is 1. The minimum absolute atomic E-state index is 0.0388. The Labute approximate surface area is 184 Å². The molecule has 2 atom stereocenters. The first-order valence-electron chi connectivity index (χ1n) is 10.4. The molecular formula is C21H26FN5O3S. The Morgan fingerprint density at radius 3 is 2.61 bits per heavy atom. The van der Waals surface area contributed by atoms with Gasteiger partial charge < -0.3 is 10.2 Å². The molecular weight excluding hydrogens is 421 g/mol. The number of nitrogens with one attached hydrogen (secondary N) is 1. The minimum atomic E-state index is -0.584. The van der Waals surface area contributed by atoms with Gasteiger partial charge in [-0.25, -0.2) is 9.37 Å². The normalized spacial score (nSPS) is 21.9. The van der Waals surface area contributed by atoms with Gasteiger partial charge in [-0.1, -0.05) is 0 Å². The van der Waals surface area contributed by atoms with Crippen molar-refractivity contribution < 1.29 is 14.1 Å². The van der Waals surface area contributed by atoms with Gasteiger partial charge in [0, 0.05) is 49.2 Å². The number of nitro groups is 1. The van der Waals surface area contributed by atoms with Gasteiger partial charge in [-0.05, 0) is 39.7 Å². The molecule has 10 heteroatoms. The van der Waals surface area contributed by atoms with E-state index in [1.54, 1.807) is 5.38 Å². The summed E-state index contributed by atoms with van der Waals surface area (Å²) in [5.41, 5.74) is 0.359. The van der Waals surface area contributed by atoms with Crippen molar-refractivity contribution in [2.24, 2.45) is 5.92 Å². The molecule has 8 nitrogen and oxygen atoms in total. The Kier molecular flexibility index (Phi) is 5.94. The highest BCUT2D eigenvalue weighted by Gasteiger charge is 2.32. The van der Waals surface area contributed by atoms with Gasteiger partial charge in [0.05, 0.1) is 10.5 Å². The van der Waals surface area contributed by atoms with Crippen molar-refractivity contribution in [3.05, 3.63) is 39.1 Å². The standard InChI is InChI=1S/C21H26FN5O3S/c1-12-9-26(10-13(2)25(12)3)18-7-16(22)15(6-19(18)27(29)30)21-24-17(11-31-21)20(28)23-8-14-4-5-14/h6-7,11-14H,4-5,8-10H2,1-3H3,(H,23,28). The van der Waals surface area contributed by atoms with Gasteiger partial charge in [-0.3, -0.25) is 19.8 Å². The number of thiazole rings is 1. The smallest absolute Gasteiger partial charge is 0.293 e. The van der Waals surface area contributed by atoms with Gasteiger partial charge in [-0.15, -0.1) is 11.3 Å². The average molecular weight is 448 g/mol. The highest BCUT2D eigenvalue weighted by molar-refractivity contribution is 7.13. The van der Waals surface area contributed by atoms with Crippen LogP contribution in [0.25, 0.3) is 10.6 Å². The predicted molar refractivity (Wildman–Crippen MR) is 118 cm³/mol. The molecule has 2 unspecified atom stereocenters. The lowest BCUT2D eigenvalue weighted by atomic mass is 10.1. The van der Waals surface area contributed by atoms with Crippen molar-refractivity contribution in [1.29, 1.82) is 0 Å². The quantitative estimate of drug-likeness (QED) is 0.538. The van der Waals surface area contributed by atoms with Crippen molar-refractivity contribution in [2.75, 3.05) is 31.6 Å². The number of rotatable bonds is 6. The van der Waals surface area contributed by atoms with E-state index in [-0.39, 0.29) is 45.6 Å². The number of hydrogen-bond acceptors (Lipinski definition) is 7. The number of carbonyl (C=O) groups excluding carboxylic acids is 1. The van der Waals surface area contributed by atoms with E-state index >= 15 is 4.39 Å². The molecule has 1 aromatic heterocycles. The second kappa shape index (κ2) is 8.51. The van der Waals surface area contributed by atoms with Crippen molar-refractivity contribution in [3.63, 3.8) is 0 Å². The topological polar surface area (TPSA) is 91.6 Å². The Bertz CT molecular complexity index is 997. The largest absolute Gasteiger partial charge is 0.363 e. The molecule has 1 aliphatic carbocycles. The number of likely N-dealkylation sites (N-methyl/N-ethyl adjacent to an activating group) is 1. The summed E-state index contributed by atoms with van der Waals surface area (Å²) < 4.78 is 15.1. The fourth-order valence-corrected chi connectivity index (χ4v) is 4.68. The van der Waals surface area contributed by atoms with E-state index in [1.807, 2.05) is 25.8 Å². The lowest BCUT2D eigenvalue weighted by Crippen LogP contribution is -2.55. The third-order valence-electron chi connectivity index (χ3n) is 6.18. The van der Waals surface area contributed by atoms with Crippen LogP contribution < -0.4 is 10.2 Å². The fourth-order valence-electron chi connectivity index (χ4n) is 3.87. The van der Waals surface area contributed by atoms with Crippen LogP contribution >= 0.6 is 11.3 Å². The molecule has 31 heavy (non-hydrogen) atoms. The van der Waals surface area contributed by atoms with Crippen molar-refractivity contribution in [3.8, 4) is 10.6 Å². The second-order valence-corrected chi connectivity index (χ2v) is 9.40. The highest BCUT2D eigenvalue weighted by atomic mass is 32.1. The number of nitrogens with zero attached hydrogens (tertiary/aromatic N) is 4. The molecule has 1 aliphatic heterocycles.